The maximum absolute atomic E-state index is 14.2. The smallest absolute Gasteiger partial charge is 0.128 e. The summed E-state index contributed by atoms with van der Waals surface area (Å²) < 4.78 is 15.1. The van der Waals surface area contributed by atoms with Gasteiger partial charge in [-0.2, -0.15) is 0 Å². The predicted molar refractivity (Wildman–Crippen MR) is 90.4 cm³/mol. The fourth-order valence-electron chi connectivity index (χ4n) is 2.36. The van der Waals surface area contributed by atoms with Crippen molar-refractivity contribution < 1.29 is 4.39 Å². The van der Waals surface area contributed by atoms with E-state index in [-0.39, 0.29) is 11.9 Å². The molecule has 0 spiro atoms. The number of benzene rings is 2. The predicted octanol–water partition coefficient (Wildman–Crippen LogP) is 5.64. The lowest BCUT2D eigenvalue weighted by atomic mass is 9.96. The van der Waals surface area contributed by atoms with E-state index < -0.39 is 0 Å². The van der Waals surface area contributed by atoms with Gasteiger partial charge in [0.1, 0.15) is 5.82 Å². The summed E-state index contributed by atoms with van der Waals surface area (Å²) in [6.45, 7) is 4.89. The van der Waals surface area contributed by atoms with E-state index in [2.05, 4.69) is 28.2 Å². The molecule has 0 amide bonds. The van der Waals surface area contributed by atoms with E-state index >= 15 is 0 Å². The molecule has 2 aromatic rings. The van der Waals surface area contributed by atoms with Crippen LogP contribution in [0.3, 0.4) is 0 Å². The van der Waals surface area contributed by atoms with Gasteiger partial charge in [-0.25, -0.2) is 4.39 Å². The number of rotatable bonds is 5. The normalized spacial score (nSPS) is 12.4. The molecule has 0 aromatic heterocycles. The molecular formula is C17H18BrClFN. The average molecular weight is 371 g/mol. The second-order valence-electron chi connectivity index (χ2n) is 5.11. The average Bonchev–Trinajstić information content (AvgIpc) is 2.42. The number of aryl methyl sites for hydroxylation is 1. The minimum absolute atomic E-state index is 0.208. The Morgan fingerprint density at radius 3 is 2.67 bits per heavy atom. The summed E-state index contributed by atoms with van der Waals surface area (Å²) >= 11 is 9.57. The molecule has 0 radical (unpaired) electrons. The van der Waals surface area contributed by atoms with E-state index in [1.165, 1.54) is 6.07 Å². The van der Waals surface area contributed by atoms with Gasteiger partial charge in [-0.15, -0.1) is 0 Å². The molecule has 0 heterocycles. The molecule has 2 rings (SSSR count). The molecule has 0 aliphatic rings. The van der Waals surface area contributed by atoms with Crippen molar-refractivity contribution in [3.63, 3.8) is 0 Å². The Hall–Kier alpha value is -0.900. The molecular weight excluding hydrogens is 353 g/mol. The van der Waals surface area contributed by atoms with Gasteiger partial charge in [0.25, 0.3) is 0 Å². The maximum atomic E-state index is 14.2. The molecule has 21 heavy (non-hydrogen) atoms. The van der Waals surface area contributed by atoms with Gasteiger partial charge in [0.05, 0.1) is 6.04 Å². The fourth-order valence-corrected chi connectivity index (χ4v) is 3.04. The molecule has 0 bridgehead atoms. The van der Waals surface area contributed by atoms with E-state index in [9.17, 15) is 4.39 Å². The van der Waals surface area contributed by atoms with Crippen molar-refractivity contribution >= 4 is 27.5 Å². The quantitative estimate of drug-likeness (QED) is 0.718. The molecule has 0 saturated carbocycles. The second-order valence-corrected chi connectivity index (χ2v) is 6.47. The van der Waals surface area contributed by atoms with Crippen LogP contribution in [0.25, 0.3) is 0 Å². The number of halogens is 3. The van der Waals surface area contributed by atoms with Gasteiger partial charge < -0.3 is 5.32 Å². The lowest BCUT2D eigenvalue weighted by molar-refractivity contribution is 0.546. The van der Waals surface area contributed by atoms with Gasteiger partial charge >= 0.3 is 0 Å². The third-order valence-electron chi connectivity index (χ3n) is 3.27. The monoisotopic (exact) mass is 369 g/mol. The van der Waals surface area contributed by atoms with E-state index in [1.807, 2.05) is 31.2 Å². The molecule has 2 aromatic carbocycles. The van der Waals surface area contributed by atoms with Crippen LogP contribution >= 0.6 is 27.5 Å². The van der Waals surface area contributed by atoms with E-state index in [0.717, 1.165) is 28.6 Å². The Balaban J connectivity index is 2.49. The van der Waals surface area contributed by atoms with Crippen LogP contribution in [0.2, 0.25) is 5.02 Å². The molecule has 0 saturated heterocycles. The summed E-state index contributed by atoms with van der Waals surface area (Å²) in [5, 5.41) is 4.08. The highest BCUT2D eigenvalue weighted by Crippen LogP contribution is 2.29. The SMILES string of the molecule is CCCNC(c1cc(C)cc(Cl)c1)c1cc(Br)ccc1F. The molecule has 4 heteroatoms. The van der Waals surface area contributed by atoms with Crippen LogP contribution in [0.5, 0.6) is 0 Å². The molecule has 1 nitrogen and oxygen atoms in total. The van der Waals surface area contributed by atoms with Gasteiger partial charge in [0.15, 0.2) is 0 Å². The second kappa shape index (κ2) is 7.39. The van der Waals surface area contributed by atoms with Gasteiger partial charge in [-0.1, -0.05) is 40.5 Å². The van der Waals surface area contributed by atoms with Crippen LogP contribution in [-0.2, 0) is 0 Å². The Bertz CT molecular complexity index is 610. The van der Waals surface area contributed by atoms with Crippen molar-refractivity contribution in [2.75, 3.05) is 6.54 Å². The molecule has 0 aliphatic heterocycles. The van der Waals surface area contributed by atoms with Gasteiger partial charge in [-0.05, 0) is 61.3 Å². The van der Waals surface area contributed by atoms with Crippen LogP contribution in [0, 0.1) is 12.7 Å². The first-order valence-electron chi connectivity index (χ1n) is 6.96. The third kappa shape index (κ3) is 4.29. The van der Waals surface area contributed by atoms with Gasteiger partial charge in [0, 0.05) is 15.1 Å². The Morgan fingerprint density at radius 2 is 2.00 bits per heavy atom. The minimum Gasteiger partial charge on any atom is -0.306 e. The summed E-state index contributed by atoms with van der Waals surface area (Å²) in [7, 11) is 0. The highest BCUT2D eigenvalue weighted by molar-refractivity contribution is 9.10. The Labute approximate surface area is 138 Å². The molecule has 1 unspecified atom stereocenters. The molecule has 0 fully saturated rings. The molecule has 1 atom stereocenters. The van der Waals surface area contributed by atoms with Crippen molar-refractivity contribution in [2.24, 2.45) is 0 Å². The summed E-state index contributed by atoms with van der Waals surface area (Å²) in [6.07, 6.45) is 0.978. The van der Waals surface area contributed by atoms with Crippen LogP contribution in [0.15, 0.2) is 40.9 Å². The van der Waals surface area contributed by atoms with Crippen molar-refractivity contribution in [3.05, 3.63) is 68.4 Å². The third-order valence-corrected chi connectivity index (χ3v) is 3.98. The summed E-state index contributed by atoms with van der Waals surface area (Å²) in [5.41, 5.74) is 2.67. The number of hydrogen-bond acceptors (Lipinski definition) is 1. The van der Waals surface area contributed by atoms with Gasteiger partial charge in [-0.3, -0.25) is 0 Å². The first-order valence-corrected chi connectivity index (χ1v) is 8.13. The molecule has 1 N–H and O–H groups in total. The van der Waals surface area contributed by atoms with Crippen molar-refractivity contribution in [2.45, 2.75) is 26.3 Å². The molecule has 0 aliphatic carbocycles. The summed E-state index contributed by atoms with van der Waals surface area (Å²) in [5.74, 6) is -0.218. The van der Waals surface area contributed by atoms with Crippen LogP contribution in [-0.4, -0.2) is 6.54 Å². The Kier molecular flexibility index (Phi) is 5.80. The van der Waals surface area contributed by atoms with E-state index in [0.29, 0.717) is 10.6 Å². The zero-order valence-corrected chi connectivity index (χ0v) is 14.4. The topological polar surface area (TPSA) is 12.0 Å². The summed E-state index contributed by atoms with van der Waals surface area (Å²) in [6, 6.07) is 10.6. The first-order chi connectivity index (χ1) is 10.0. The largest absolute Gasteiger partial charge is 0.306 e. The minimum atomic E-state index is -0.218. The summed E-state index contributed by atoms with van der Waals surface area (Å²) in [4.78, 5) is 0. The van der Waals surface area contributed by atoms with Gasteiger partial charge in [0.2, 0.25) is 0 Å². The first kappa shape index (κ1) is 16.5. The lowest BCUT2D eigenvalue weighted by Crippen LogP contribution is -2.24. The fraction of sp³-hybridized carbons (Fsp3) is 0.294. The Morgan fingerprint density at radius 1 is 1.24 bits per heavy atom. The number of hydrogen-bond donors (Lipinski definition) is 1. The van der Waals surface area contributed by atoms with E-state index in [4.69, 9.17) is 11.6 Å². The van der Waals surface area contributed by atoms with Crippen molar-refractivity contribution in [3.8, 4) is 0 Å². The molecule has 112 valence electrons. The number of nitrogens with one attached hydrogen (secondary N) is 1. The standard InChI is InChI=1S/C17H18BrClFN/c1-3-6-21-17(12-7-11(2)8-14(19)9-12)15-10-13(18)4-5-16(15)20/h4-5,7-10,17,21H,3,6H2,1-2H3. The highest BCUT2D eigenvalue weighted by atomic mass is 79.9. The van der Waals surface area contributed by atoms with Crippen LogP contribution in [0.4, 0.5) is 4.39 Å². The van der Waals surface area contributed by atoms with Crippen LogP contribution < -0.4 is 5.32 Å². The highest BCUT2D eigenvalue weighted by Gasteiger charge is 2.18. The van der Waals surface area contributed by atoms with Crippen molar-refractivity contribution in [1.29, 1.82) is 0 Å². The lowest BCUT2D eigenvalue weighted by Gasteiger charge is -2.21. The maximum Gasteiger partial charge on any atom is 0.128 e. The zero-order chi connectivity index (χ0) is 15.4. The van der Waals surface area contributed by atoms with Crippen molar-refractivity contribution in [1.82, 2.24) is 5.32 Å². The van der Waals surface area contributed by atoms with E-state index in [1.54, 1.807) is 6.07 Å². The van der Waals surface area contributed by atoms with Crippen LogP contribution in [0.1, 0.15) is 36.1 Å². The zero-order valence-electron chi connectivity index (χ0n) is 12.1.